The van der Waals surface area contributed by atoms with Crippen molar-refractivity contribution in [3.05, 3.63) is 12.2 Å². The molecular weight excluding hydrogens is 212 g/mol. The van der Waals surface area contributed by atoms with E-state index in [1.165, 1.54) is 6.42 Å². The van der Waals surface area contributed by atoms with E-state index < -0.39 is 0 Å². The molecule has 0 amide bonds. The highest BCUT2D eigenvalue weighted by Gasteiger charge is 2.62. The molecule has 0 aromatic heterocycles. The van der Waals surface area contributed by atoms with Gasteiger partial charge in [-0.25, -0.2) is 0 Å². The second-order valence-electron chi connectivity index (χ2n) is 6.72. The maximum Gasteiger partial charge on any atom is 0.0745 e. The van der Waals surface area contributed by atoms with E-state index in [2.05, 4.69) is 20.4 Å². The lowest BCUT2D eigenvalue weighted by atomic mass is 9.65. The van der Waals surface area contributed by atoms with Gasteiger partial charge in [-0.05, 0) is 55.8 Å². The summed E-state index contributed by atoms with van der Waals surface area (Å²) in [5, 5.41) is 20.1. The number of hydrogen-bond acceptors (Lipinski definition) is 2. The van der Waals surface area contributed by atoms with Crippen molar-refractivity contribution in [2.24, 2.45) is 16.7 Å². The van der Waals surface area contributed by atoms with Crippen LogP contribution in [-0.2, 0) is 0 Å². The number of fused-ring (bicyclic) bond motifs is 2. The first-order valence-electron chi connectivity index (χ1n) is 6.83. The molecule has 0 aromatic carbocycles. The largest absolute Gasteiger partial charge is 0.393 e. The molecule has 0 spiro atoms. The summed E-state index contributed by atoms with van der Waals surface area (Å²) in [7, 11) is 0. The van der Waals surface area contributed by atoms with Crippen LogP contribution in [0, 0.1) is 16.7 Å². The Morgan fingerprint density at radius 1 is 1.47 bits per heavy atom. The van der Waals surface area contributed by atoms with Crippen LogP contribution < -0.4 is 0 Å². The molecule has 5 atom stereocenters. The van der Waals surface area contributed by atoms with E-state index in [4.69, 9.17) is 0 Å². The lowest BCUT2D eigenvalue weighted by Gasteiger charge is -2.40. The zero-order valence-electron chi connectivity index (χ0n) is 11.4. The normalized spacial score (nSPS) is 46.2. The van der Waals surface area contributed by atoms with Crippen molar-refractivity contribution < 1.29 is 10.2 Å². The highest BCUT2D eigenvalue weighted by molar-refractivity contribution is 5.12. The number of aliphatic hydroxyl groups is 2. The van der Waals surface area contributed by atoms with Crippen molar-refractivity contribution in [3.8, 4) is 0 Å². The van der Waals surface area contributed by atoms with Crippen molar-refractivity contribution in [2.45, 2.75) is 65.1 Å². The Morgan fingerprint density at radius 2 is 2.12 bits per heavy atom. The zero-order valence-corrected chi connectivity index (χ0v) is 11.4. The second kappa shape index (κ2) is 4.10. The third-order valence-electron chi connectivity index (χ3n) is 5.97. The topological polar surface area (TPSA) is 40.5 Å². The molecule has 2 N–H and O–H groups in total. The Hall–Kier alpha value is -0.340. The van der Waals surface area contributed by atoms with Gasteiger partial charge in [0.15, 0.2) is 0 Å². The van der Waals surface area contributed by atoms with Gasteiger partial charge < -0.3 is 10.2 Å². The number of rotatable bonds is 4. The smallest absolute Gasteiger partial charge is 0.0745 e. The van der Waals surface area contributed by atoms with Gasteiger partial charge in [-0.15, -0.1) is 0 Å². The minimum Gasteiger partial charge on any atom is -0.393 e. The van der Waals surface area contributed by atoms with Crippen molar-refractivity contribution >= 4 is 0 Å². The van der Waals surface area contributed by atoms with Crippen molar-refractivity contribution in [1.29, 1.82) is 0 Å². The fourth-order valence-electron chi connectivity index (χ4n) is 4.17. The van der Waals surface area contributed by atoms with Crippen LogP contribution >= 0.6 is 0 Å². The second-order valence-corrected chi connectivity index (χ2v) is 6.72. The van der Waals surface area contributed by atoms with Gasteiger partial charge in [-0.3, -0.25) is 0 Å². The average molecular weight is 238 g/mol. The predicted octanol–water partition coefficient (Wildman–Crippen LogP) is 2.89. The van der Waals surface area contributed by atoms with Crippen molar-refractivity contribution in [3.63, 3.8) is 0 Å². The molecule has 0 saturated heterocycles. The van der Waals surface area contributed by atoms with Crippen LogP contribution in [0.2, 0.25) is 0 Å². The molecular formula is C15H26O2. The Bertz CT molecular complexity index is 325. The minimum absolute atomic E-state index is 0.0620. The van der Waals surface area contributed by atoms with Gasteiger partial charge in [-0.2, -0.15) is 0 Å². The van der Waals surface area contributed by atoms with Gasteiger partial charge in [-0.1, -0.05) is 26.0 Å². The summed E-state index contributed by atoms with van der Waals surface area (Å²) in [4.78, 5) is 0. The molecule has 2 saturated carbocycles. The fraction of sp³-hybridized carbons (Fsp3) is 0.867. The molecule has 98 valence electrons. The van der Waals surface area contributed by atoms with Gasteiger partial charge in [0, 0.05) is 0 Å². The van der Waals surface area contributed by atoms with E-state index in [1.807, 2.05) is 6.92 Å². The lowest BCUT2D eigenvalue weighted by Crippen LogP contribution is -2.38. The minimum atomic E-state index is -0.382. The van der Waals surface area contributed by atoms with Gasteiger partial charge in [0.05, 0.1) is 12.2 Å². The van der Waals surface area contributed by atoms with Crippen LogP contribution in [0.1, 0.15) is 52.9 Å². The summed E-state index contributed by atoms with van der Waals surface area (Å²) in [6.45, 7) is 10.2. The molecule has 2 aliphatic carbocycles. The van der Waals surface area contributed by atoms with Crippen LogP contribution in [0.4, 0.5) is 0 Å². The summed E-state index contributed by atoms with van der Waals surface area (Å²) in [6, 6.07) is 0. The van der Waals surface area contributed by atoms with E-state index in [0.29, 0.717) is 5.92 Å². The van der Waals surface area contributed by atoms with Gasteiger partial charge in [0.2, 0.25) is 0 Å². The number of aliphatic hydroxyl groups excluding tert-OH is 2. The standard InChI is InChI=1S/C15H26O2/c1-10(2)12(16)6-8-14(3)11-5-7-15(14,4)13(17)9-11/h11-13,16-17H,1,5-9H2,2-4H3/t11-,12-,13+,14-,15+/m1/s1. The highest BCUT2D eigenvalue weighted by Crippen LogP contribution is 2.67. The van der Waals surface area contributed by atoms with Crippen LogP contribution in [0.3, 0.4) is 0 Å². The molecule has 0 radical (unpaired) electrons. The van der Waals surface area contributed by atoms with Gasteiger partial charge >= 0.3 is 0 Å². The molecule has 2 nitrogen and oxygen atoms in total. The van der Waals surface area contributed by atoms with Gasteiger partial charge in [0.1, 0.15) is 0 Å². The first kappa shape index (κ1) is 13.1. The maximum atomic E-state index is 10.2. The molecule has 0 aromatic rings. The van der Waals surface area contributed by atoms with Crippen molar-refractivity contribution in [1.82, 2.24) is 0 Å². The third kappa shape index (κ3) is 1.77. The fourth-order valence-corrected chi connectivity index (χ4v) is 4.17. The highest BCUT2D eigenvalue weighted by atomic mass is 16.3. The Kier molecular flexibility index (Phi) is 3.16. The van der Waals surface area contributed by atoms with Crippen LogP contribution in [-0.4, -0.2) is 22.4 Å². The van der Waals surface area contributed by atoms with E-state index >= 15 is 0 Å². The van der Waals surface area contributed by atoms with E-state index in [1.54, 1.807) is 0 Å². The molecule has 17 heavy (non-hydrogen) atoms. The summed E-state index contributed by atoms with van der Waals surface area (Å²) in [5.74, 6) is 0.639. The number of hydrogen-bond donors (Lipinski definition) is 2. The Morgan fingerprint density at radius 3 is 2.53 bits per heavy atom. The SMILES string of the molecule is C=C(C)[C@H](O)CC[C@]1(C)[C@@H]2CC[C@@]1(C)[C@@H](O)C2. The zero-order chi connectivity index (χ0) is 12.8. The van der Waals surface area contributed by atoms with E-state index in [0.717, 1.165) is 31.3 Å². The molecule has 2 heteroatoms. The van der Waals surface area contributed by atoms with Crippen LogP contribution in [0.5, 0.6) is 0 Å². The molecule has 0 aliphatic heterocycles. The Labute approximate surface area is 105 Å². The van der Waals surface area contributed by atoms with E-state index in [-0.39, 0.29) is 23.0 Å². The first-order valence-corrected chi connectivity index (χ1v) is 6.83. The predicted molar refractivity (Wildman–Crippen MR) is 69.6 cm³/mol. The summed E-state index contributed by atoms with van der Waals surface area (Å²) < 4.78 is 0. The molecule has 0 heterocycles. The molecule has 2 fully saturated rings. The summed E-state index contributed by atoms with van der Waals surface area (Å²) >= 11 is 0. The monoisotopic (exact) mass is 238 g/mol. The third-order valence-corrected chi connectivity index (χ3v) is 5.97. The first-order chi connectivity index (χ1) is 7.81. The van der Waals surface area contributed by atoms with Gasteiger partial charge in [0.25, 0.3) is 0 Å². The molecule has 2 bridgehead atoms. The average Bonchev–Trinajstić information content (AvgIpc) is 2.61. The molecule has 0 unspecified atom stereocenters. The lowest BCUT2D eigenvalue weighted by molar-refractivity contribution is -0.00321. The summed E-state index contributed by atoms with van der Waals surface area (Å²) in [6.07, 6.45) is 4.59. The maximum absolute atomic E-state index is 10.2. The summed E-state index contributed by atoms with van der Waals surface area (Å²) in [5.41, 5.74) is 1.11. The quantitative estimate of drug-likeness (QED) is 0.739. The Balaban J connectivity index is 2.07. The van der Waals surface area contributed by atoms with Crippen LogP contribution in [0.25, 0.3) is 0 Å². The van der Waals surface area contributed by atoms with Crippen LogP contribution in [0.15, 0.2) is 12.2 Å². The molecule has 2 aliphatic rings. The molecule has 2 rings (SSSR count). The van der Waals surface area contributed by atoms with Crippen molar-refractivity contribution in [2.75, 3.05) is 0 Å². The van der Waals surface area contributed by atoms with E-state index in [9.17, 15) is 10.2 Å².